The van der Waals surface area contributed by atoms with Gasteiger partial charge in [-0.15, -0.1) is 0 Å². The minimum Gasteiger partial charge on any atom is -0.320 e. The molecule has 1 N–H and O–H groups in total. The van der Waals surface area contributed by atoms with E-state index in [1.807, 2.05) is 19.1 Å². The number of nitrogens with one attached hydrogen (secondary N) is 1. The number of halogens is 1. The number of anilines is 1. The number of aryl methyl sites for hydroxylation is 1. The van der Waals surface area contributed by atoms with Crippen LogP contribution in [0.15, 0.2) is 66.0 Å². The smallest absolute Gasteiger partial charge is 0.275 e. The van der Waals surface area contributed by atoms with Gasteiger partial charge >= 0.3 is 0 Å². The largest absolute Gasteiger partial charge is 0.320 e. The van der Waals surface area contributed by atoms with Crippen molar-refractivity contribution in [3.05, 3.63) is 82.6 Å². The first-order valence-electron chi connectivity index (χ1n) is 8.03. The van der Waals surface area contributed by atoms with Crippen LogP contribution in [-0.4, -0.2) is 24.3 Å². The van der Waals surface area contributed by atoms with E-state index in [9.17, 15) is 13.2 Å². The number of carbonyl (C=O) groups is 1. The molecule has 1 amide bonds. The molecule has 1 aromatic heterocycles. The molecular weight excluding hydrogens is 386 g/mol. The molecule has 0 atom stereocenters. The van der Waals surface area contributed by atoms with Gasteiger partial charge in [0.25, 0.3) is 5.91 Å². The van der Waals surface area contributed by atoms with Crippen LogP contribution in [0.5, 0.6) is 0 Å². The summed E-state index contributed by atoms with van der Waals surface area (Å²) < 4.78 is 25.2. The molecule has 0 aliphatic carbocycles. The van der Waals surface area contributed by atoms with Crippen LogP contribution in [0.1, 0.15) is 21.6 Å². The number of carbonyl (C=O) groups excluding carboxylic acids is 1. The number of rotatable bonds is 5. The summed E-state index contributed by atoms with van der Waals surface area (Å²) in [6.07, 6.45) is 1.12. The van der Waals surface area contributed by atoms with Gasteiger partial charge in [-0.3, -0.25) is 4.79 Å². The maximum Gasteiger partial charge on any atom is 0.275 e. The highest BCUT2D eigenvalue weighted by molar-refractivity contribution is 7.90. The van der Waals surface area contributed by atoms with Crippen LogP contribution >= 0.6 is 11.6 Å². The molecule has 3 rings (SSSR count). The predicted octanol–water partition coefficient (Wildman–Crippen LogP) is 3.66. The summed E-state index contributed by atoms with van der Waals surface area (Å²) in [6, 6.07) is 15.9. The van der Waals surface area contributed by atoms with Crippen LogP contribution in [0.4, 0.5) is 5.69 Å². The van der Waals surface area contributed by atoms with E-state index >= 15 is 0 Å². The van der Waals surface area contributed by atoms with Crippen molar-refractivity contribution in [3.63, 3.8) is 0 Å². The Morgan fingerprint density at radius 1 is 1.07 bits per heavy atom. The van der Waals surface area contributed by atoms with Crippen LogP contribution in [0.3, 0.4) is 0 Å². The predicted molar refractivity (Wildman–Crippen MR) is 104 cm³/mol. The summed E-state index contributed by atoms with van der Waals surface area (Å²) in [5.41, 5.74) is 1.85. The molecule has 0 saturated carbocycles. The number of para-hydroxylation sites is 1. The minimum absolute atomic E-state index is 0.0280. The van der Waals surface area contributed by atoms with E-state index in [-0.39, 0.29) is 16.5 Å². The number of hydrogen-bond donors (Lipinski definition) is 1. The van der Waals surface area contributed by atoms with Gasteiger partial charge in [0.1, 0.15) is 0 Å². The third-order valence-electron chi connectivity index (χ3n) is 3.81. The number of nitrogens with zero attached hydrogens (tertiary/aromatic N) is 2. The molecule has 0 spiro atoms. The molecule has 0 saturated heterocycles. The monoisotopic (exact) mass is 401 g/mol. The summed E-state index contributed by atoms with van der Waals surface area (Å²) in [4.78, 5) is 20.3. The Hall–Kier alpha value is -2.77. The molecule has 0 bridgehead atoms. The van der Waals surface area contributed by atoms with Crippen molar-refractivity contribution in [1.82, 2.24) is 9.97 Å². The van der Waals surface area contributed by atoms with E-state index < -0.39 is 20.9 Å². The summed E-state index contributed by atoms with van der Waals surface area (Å²) >= 11 is 6.03. The first-order chi connectivity index (χ1) is 12.9. The second-order valence-corrected chi connectivity index (χ2v) is 8.15. The molecule has 6 nitrogen and oxygen atoms in total. The highest BCUT2D eigenvalue weighted by atomic mass is 35.5. The van der Waals surface area contributed by atoms with Crippen molar-refractivity contribution in [2.75, 3.05) is 5.32 Å². The molecule has 8 heteroatoms. The van der Waals surface area contributed by atoms with E-state index in [4.69, 9.17) is 11.6 Å². The van der Waals surface area contributed by atoms with Gasteiger partial charge in [-0.1, -0.05) is 60.1 Å². The zero-order valence-electron chi connectivity index (χ0n) is 14.4. The maximum atomic E-state index is 12.6. The van der Waals surface area contributed by atoms with Gasteiger partial charge in [0, 0.05) is 5.69 Å². The number of hydrogen-bond acceptors (Lipinski definition) is 5. The number of aromatic nitrogens is 2. The lowest BCUT2D eigenvalue weighted by atomic mass is 10.2. The van der Waals surface area contributed by atoms with Crippen molar-refractivity contribution in [2.24, 2.45) is 0 Å². The number of sulfone groups is 1. The van der Waals surface area contributed by atoms with E-state index in [1.54, 1.807) is 42.5 Å². The van der Waals surface area contributed by atoms with Gasteiger partial charge in [-0.2, -0.15) is 0 Å². The molecule has 0 unspecified atom stereocenters. The molecule has 1 heterocycles. The first-order valence-corrected chi connectivity index (χ1v) is 10.1. The summed E-state index contributed by atoms with van der Waals surface area (Å²) in [5.74, 6) is -0.873. The maximum absolute atomic E-state index is 12.6. The highest BCUT2D eigenvalue weighted by Crippen LogP contribution is 2.20. The van der Waals surface area contributed by atoms with Gasteiger partial charge in [-0.05, 0) is 24.1 Å². The Morgan fingerprint density at radius 3 is 2.44 bits per heavy atom. The zero-order valence-corrected chi connectivity index (χ0v) is 16.0. The van der Waals surface area contributed by atoms with Crippen molar-refractivity contribution in [3.8, 4) is 0 Å². The van der Waals surface area contributed by atoms with E-state index in [2.05, 4.69) is 15.3 Å². The summed E-state index contributed by atoms with van der Waals surface area (Å²) in [5, 5.41) is 2.22. The van der Waals surface area contributed by atoms with Gasteiger partial charge in [0.15, 0.2) is 5.69 Å². The molecule has 0 fully saturated rings. The minimum atomic E-state index is -3.83. The molecule has 138 valence electrons. The molecule has 3 aromatic rings. The Labute approximate surface area is 162 Å². The van der Waals surface area contributed by atoms with Crippen molar-refractivity contribution in [1.29, 1.82) is 0 Å². The van der Waals surface area contributed by atoms with Gasteiger partial charge < -0.3 is 5.32 Å². The quantitative estimate of drug-likeness (QED) is 0.659. The van der Waals surface area contributed by atoms with Crippen LogP contribution < -0.4 is 5.32 Å². The average Bonchev–Trinajstić information content (AvgIpc) is 2.64. The zero-order chi connectivity index (χ0) is 19.4. The second kappa shape index (κ2) is 7.85. The van der Waals surface area contributed by atoms with Gasteiger partial charge in [0.05, 0.1) is 17.0 Å². The molecular formula is C19H16ClN3O3S. The van der Waals surface area contributed by atoms with Crippen LogP contribution in [0, 0.1) is 6.92 Å². The Kier molecular flexibility index (Phi) is 5.53. The fourth-order valence-electron chi connectivity index (χ4n) is 2.41. The third-order valence-corrected chi connectivity index (χ3v) is 5.55. The van der Waals surface area contributed by atoms with Gasteiger partial charge in [0.2, 0.25) is 15.0 Å². The van der Waals surface area contributed by atoms with Crippen LogP contribution in [0.25, 0.3) is 0 Å². The number of amides is 1. The van der Waals surface area contributed by atoms with Crippen LogP contribution in [-0.2, 0) is 15.6 Å². The summed E-state index contributed by atoms with van der Waals surface area (Å²) in [6.45, 7) is 1.84. The topological polar surface area (TPSA) is 89.0 Å². The molecule has 0 radical (unpaired) electrons. The van der Waals surface area contributed by atoms with Crippen molar-refractivity contribution >= 4 is 33.0 Å². The Bertz CT molecular complexity index is 1090. The second-order valence-electron chi connectivity index (χ2n) is 5.86. The molecule has 0 aliphatic heterocycles. The summed E-state index contributed by atoms with van der Waals surface area (Å²) in [7, 11) is -3.83. The van der Waals surface area contributed by atoms with Crippen LogP contribution in [0.2, 0.25) is 5.02 Å². The van der Waals surface area contributed by atoms with E-state index in [0.29, 0.717) is 11.3 Å². The van der Waals surface area contributed by atoms with Crippen molar-refractivity contribution < 1.29 is 13.2 Å². The standard InChI is InChI=1S/C19H16ClN3O3S/c1-13-7-5-6-10-16(13)22-18(24)17-15(20)11-21-19(23-17)27(25,26)12-14-8-3-2-4-9-14/h2-11H,12H2,1H3,(H,22,24). The average molecular weight is 402 g/mol. The van der Waals surface area contributed by atoms with Gasteiger partial charge in [-0.25, -0.2) is 18.4 Å². The Balaban J connectivity index is 1.90. The van der Waals surface area contributed by atoms with E-state index in [0.717, 1.165) is 11.8 Å². The normalized spacial score (nSPS) is 11.2. The lowest BCUT2D eigenvalue weighted by Gasteiger charge is -2.10. The first kappa shape index (κ1) is 19.0. The lowest BCUT2D eigenvalue weighted by Crippen LogP contribution is -2.18. The SMILES string of the molecule is Cc1ccccc1NC(=O)c1nc(S(=O)(=O)Cc2ccccc2)ncc1Cl. The number of benzene rings is 2. The van der Waals surface area contributed by atoms with Crippen molar-refractivity contribution in [2.45, 2.75) is 17.8 Å². The molecule has 27 heavy (non-hydrogen) atoms. The van der Waals surface area contributed by atoms with E-state index in [1.165, 1.54) is 0 Å². The fourth-order valence-corrected chi connectivity index (χ4v) is 3.79. The molecule has 2 aromatic carbocycles. The lowest BCUT2D eigenvalue weighted by molar-refractivity contribution is 0.102. The third kappa shape index (κ3) is 4.50. The fraction of sp³-hybridized carbons (Fsp3) is 0.105. The molecule has 0 aliphatic rings. The highest BCUT2D eigenvalue weighted by Gasteiger charge is 2.23. The Morgan fingerprint density at radius 2 is 1.74 bits per heavy atom.